The van der Waals surface area contributed by atoms with Gasteiger partial charge in [0.15, 0.2) is 0 Å². The highest BCUT2D eigenvalue weighted by molar-refractivity contribution is 6.07. The van der Waals surface area contributed by atoms with Gasteiger partial charge in [0.1, 0.15) is 0 Å². The number of nitrogens with zero attached hydrogens (tertiary/aromatic N) is 1. The minimum Gasteiger partial charge on any atom is -0.381 e. The van der Waals surface area contributed by atoms with Crippen LogP contribution in [-0.4, -0.2) is 37.7 Å². The molecule has 0 radical (unpaired) electrons. The van der Waals surface area contributed by atoms with E-state index < -0.39 is 0 Å². The van der Waals surface area contributed by atoms with Crippen molar-refractivity contribution in [3.05, 3.63) is 59.7 Å². The number of hydrogen-bond acceptors (Lipinski definition) is 3. The van der Waals surface area contributed by atoms with Crippen molar-refractivity contribution in [1.82, 2.24) is 5.32 Å². The molecule has 2 aliphatic heterocycles. The maximum atomic E-state index is 12.7. The molecule has 6 heteroatoms. The van der Waals surface area contributed by atoms with Crippen LogP contribution in [0.3, 0.4) is 0 Å². The number of fused-ring (bicyclic) bond motifs is 1. The molecule has 0 spiro atoms. The van der Waals surface area contributed by atoms with Gasteiger partial charge in [-0.25, -0.2) is 4.79 Å². The van der Waals surface area contributed by atoms with E-state index in [1.807, 2.05) is 48.5 Å². The third-order valence-corrected chi connectivity index (χ3v) is 5.06. The molecule has 3 amide bonds. The number of carbonyl (C=O) groups is 2. The number of nitrogens with one attached hydrogen (secondary N) is 2. The predicted molar refractivity (Wildman–Crippen MR) is 104 cm³/mol. The van der Waals surface area contributed by atoms with Gasteiger partial charge in [0.25, 0.3) is 5.91 Å². The summed E-state index contributed by atoms with van der Waals surface area (Å²) in [6, 6.07) is 15.0. The van der Waals surface area contributed by atoms with Crippen LogP contribution in [0.4, 0.5) is 16.2 Å². The van der Waals surface area contributed by atoms with Crippen molar-refractivity contribution >= 4 is 23.3 Å². The van der Waals surface area contributed by atoms with Gasteiger partial charge in [0.05, 0.1) is 0 Å². The van der Waals surface area contributed by atoms with Gasteiger partial charge in [-0.15, -0.1) is 0 Å². The summed E-state index contributed by atoms with van der Waals surface area (Å²) in [5.74, 6) is 0.00678. The zero-order valence-electron chi connectivity index (χ0n) is 15.1. The number of hydrogen-bond donors (Lipinski definition) is 2. The van der Waals surface area contributed by atoms with E-state index >= 15 is 0 Å². The normalized spacial score (nSPS) is 16.7. The fourth-order valence-corrected chi connectivity index (χ4v) is 3.62. The largest absolute Gasteiger partial charge is 0.381 e. The smallest absolute Gasteiger partial charge is 0.319 e. The summed E-state index contributed by atoms with van der Waals surface area (Å²) in [6.45, 7) is 2.03. The molecule has 1 fully saturated rings. The predicted octanol–water partition coefficient (Wildman–Crippen LogP) is 3.19. The van der Waals surface area contributed by atoms with Gasteiger partial charge in [-0.2, -0.15) is 0 Å². The number of carbonyl (C=O) groups excluding carboxylic acids is 2. The molecule has 2 N–H and O–H groups in total. The molecule has 0 aliphatic carbocycles. The Morgan fingerprint density at radius 1 is 1.04 bits per heavy atom. The van der Waals surface area contributed by atoms with Crippen molar-refractivity contribution in [3.63, 3.8) is 0 Å². The molecule has 0 saturated carbocycles. The van der Waals surface area contributed by atoms with E-state index in [2.05, 4.69) is 10.6 Å². The molecule has 2 aromatic rings. The lowest BCUT2D eigenvalue weighted by molar-refractivity contribution is 0.0806. The Hall–Kier alpha value is -2.86. The minimum atomic E-state index is -0.197. The standard InChI is InChI=1S/C21H23N3O3/c25-20(15-4-2-1-3-5-15)24-11-8-16-14-18(6-7-19(16)24)23-21(26)22-17-9-12-27-13-10-17/h1-7,14,17H,8-13H2,(H2,22,23,26). The van der Waals surface area contributed by atoms with E-state index in [9.17, 15) is 9.59 Å². The number of anilines is 2. The molecule has 2 heterocycles. The third-order valence-electron chi connectivity index (χ3n) is 5.06. The quantitative estimate of drug-likeness (QED) is 0.878. The lowest BCUT2D eigenvalue weighted by atomic mass is 10.1. The van der Waals surface area contributed by atoms with Crippen molar-refractivity contribution in [1.29, 1.82) is 0 Å². The Kier molecular flexibility index (Phi) is 5.07. The molecular formula is C21H23N3O3. The molecule has 2 aromatic carbocycles. The summed E-state index contributed by atoms with van der Waals surface area (Å²) in [6.07, 6.45) is 2.47. The Morgan fingerprint density at radius 2 is 1.81 bits per heavy atom. The number of urea groups is 1. The van der Waals surface area contributed by atoms with E-state index in [0.29, 0.717) is 25.3 Å². The Labute approximate surface area is 158 Å². The van der Waals surface area contributed by atoms with Gasteiger partial charge in [0, 0.05) is 42.7 Å². The number of amides is 3. The van der Waals surface area contributed by atoms with E-state index in [4.69, 9.17) is 4.74 Å². The second kappa shape index (κ2) is 7.80. The van der Waals surface area contributed by atoms with Crippen LogP contribution in [0.15, 0.2) is 48.5 Å². The van der Waals surface area contributed by atoms with E-state index in [1.54, 1.807) is 4.90 Å². The Bertz CT molecular complexity index is 832. The van der Waals surface area contributed by atoms with Crippen LogP contribution < -0.4 is 15.5 Å². The monoisotopic (exact) mass is 365 g/mol. The van der Waals surface area contributed by atoms with E-state index in [-0.39, 0.29) is 18.0 Å². The third kappa shape index (κ3) is 3.95. The van der Waals surface area contributed by atoms with Gasteiger partial charge in [0.2, 0.25) is 0 Å². The molecular weight excluding hydrogens is 342 g/mol. The van der Waals surface area contributed by atoms with Crippen LogP contribution in [0.5, 0.6) is 0 Å². The van der Waals surface area contributed by atoms with Crippen LogP contribution in [0.25, 0.3) is 0 Å². The molecule has 0 unspecified atom stereocenters. The fourth-order valence-electron chi connectivity index (χ4n) is 3.62. The first-order valence-electron chi connectivity index (χ1n) is 9.36. The first-order chi connectivity index (χ1) is 13.2. The molecule has 0 atom stereocenters. The van der Waals surface area contributed by atoms with Crippen LogP contribution in [0.1, 0.15) is 28.8 Å². The van der Waals surface area contributed by atoms with E-state index in [1.165, 1.54) is 0 Å². The molecule has 4 rings (SSSR count). The summed E-state index contributed by atoms with van der Waals surface area (Å²) in [4.78, 5) is 26.7. The lowest BCUT2D eigenvalue weighted by Crippen LogP contribution is -2.41. The molecule has 140 valence electrons. The SMILES string of the molecule is O=C(Nc1ccc2c(c1)CCN2C(=O)c1ccccc1)NC1CCOCC1. The van der Waals surface area contributed by atoms with Gasteiger partial charge in [-0.3, -0.25) is 4.79 Å². The van der Waals surface area contributed by atoms with Crippen molar-refractivity contribution in [3.8, 4) is 0 Å². The summed E-state index contributed by atoms with van der Waals surface area (Å²) in [5, 5.41) is 5.89. The first kappa shape index (κ1) is 17.5. The number of rotatable bonds is 3. The van der Waals surface area contributed by atoms with Gasteiger partial charge >= 0.3 is 6.03 Å². The van der Waals surface area contributed by atoms with Gasteiger partial charge < -0.3 is 20.3 Å². The summed E-state index contributed by atoms with van der Waals surface area (Å²) in [5.41, 5.74) is 3.41. The molecule has 6 nitrogen and oxygen atoms in total. The molecule has 2 aliphatic rings. The Balaban J connectivity index is 1.42. The molecule has 0 aromatic heterocycles. The molecule has 27 heavy (non-hydrogen) atoms. The number of ether oxygens (including phenoxy) is 1. The lowest BCUT2D eigenvalue weighted by Gasteiger charge is -2.23. The maximum Gasteiger partial charge on any atom is 0.319 e. The van der Waals surface area contributed by atoms with Gasteiger partial charge in [-0.1, -0.05) is 18.2 Å². The highest BCUT2D eigenvalue weighted by Gasteiger charge is 2.26. The Morgan fingerprint density at radius 3 is 2.59 bits per heavy atom. The van der Waals surface area contributed by atoms with E-state index in [0.717, 1.165) is 36.2 Å². The van der Waals surface area contributed by atoms with Gasteiger partial charge in [-0.05, 0) is 55.2 Å². The topological polar surface area (TPSA) is 70.7 Å². The molecule has 1 saturated heterocycles. The average Bonchev–Trinajstić information content (AvgIpc) is 3.12. The minimum absolute atomic E-state index is 0.00678. The highest BCUT2D eigenvalue weighted by Crippen LogP contribution is 2.31. The van der Waals surface area contributed by atoms with Crippen LogP contribution in [0.2, 0.25) is 0 Å². The van der Waals surface area contributed by atoms with Crippen molar-refractivity contribution in [2.75, 3.05) is 30.0 Å². The first-order valence-corrected chi connectivity index (χ1v) is 9.36. The fraction of sp³-hybridized carbons (Fsp3) is 0.333. The highest BCUT2D eigenvalue weighted by atomic mass is 16.5. The van der Waals surface area contributed by atoms with Crippen molar-refractivity contribution < 1.29 is 14.3 Å². The zero-order valence-corrected chi connectivity index (χ0v) is 15.1. The summed E-state index contributed by atoms with van der Waals surface area (Å²) >= 11 is 0. The van der Waals surface area contributed by atoms with Crippen LogP contribution >= 0.6 is 0 Å². The second-order valence-corrected chi connectivity index (χ2v) is 6.90. The van der Waals surface area contributed by atoms with Crippen molar-refractivity contribution in [2.45, 2.75) is 25.3 Å². The summed E-state index contributed by atoms with van der Waals surface area (Å²) in [7, 11) is 0. The van der Waals surface area contributed by atoms with Crippen molar-refractivity contribution in [2.24, 2.45) is 0 Å². The number of benzene rings is 2. The van der Waals surface area contributed by atoms with Crippen LogP contribution in [0, 0.1) is 0 Å². The zero-order chi connectivity index (χ0) is 18.6. The average molecular weight is 365 g/mol. The maximum absolute atomic E-state index is 12.7. The summed E-state index contributed by atoms with van der Waals surface area (Å²) < 4.78 is 5.31. The second-order valence-electron chi connectivity index (χ2n) is 6.90. The molecule has 0 bridgehead atoms. The van der Waals surface area contributed by atoms with Crippen LogP contribution in [-0.2, 0) is 11.2 Å².